The van der Waals surface area contributed by atoms with Crippen molar-refractivity contribution in [3.05, 3.63) is 58.7 Å². The fourth-order valence-electron chi connectivity index (χ4n) is 5.48. The Labute approximate surface area is 173 Å². The Morgan fingerprint density at radius 2 is 1.31 bits per heavy atom. The largest absolute Gasteiger partial charge is 0.179 e. The van der Waals surface area contributed by atoms with Gasteiger partial charge in [-0.15, -0.1) is 5.56 Å². The van der Waals surface area contributed by atoms with Crippen molar-refractivity contribution in [2.24, 2.45) is 0 Å². The second kappa shape index (κ2) is 8.03. The molecule has 0 aliphatic heterocycles. The van der Waals surface area contributed by atoms with Crippen LogP contribution in [-0.4, -0.2) is 0 Å². The van der Waals surface area contributed by atoms with E-state index < -0.39 is 0 Å². The summed E-state index contributed by atoms with van der Waals surface area (Å²) in [5, 5.41) is 0. The van der Waals surface area contributed by atoms with Crippen molar-refractivity contribution in [2.45, 2.75) is 82.5 Å². The molecule has 0 aromatic heterocycles. The summed E-state index contributed by atoms with van der Waals surface area (Å²) < 4.78 is 0. The first-order valence-corrected chi connectivity index (χ1v) is 10.6. The molecule has 0 spiro atoms. The Kier molecular flexibility index (Phi) is 5.72. The molecule has 3 aliphatic carbocycles. The zero-order chi connectivity index (χ0) is 16.6. The molecule has 5 rings (SSSR count). The molecule has 0 amide bonds. The van der Waals surface area contributed by atoms with Crippen LogP contribution in [0.5, 0.6) is 0 Å². The van der Waals surface area contributed by atoms with E-state index in [1.165, 1.54) is 86.5 Å². The van der Waals surface area contributed by atoms with Crippen LogP contribution in [0.25, 0.3) is 11.1 Å². The molecular weight excluding hydrogens is 348 g/mol. The Hall–Kier alpha value is -0.846. The average molecular weight is 377 g/mol. The van der Waals surface area contributed by atoms with Gasteiger partial charge < -0.3 is 0 Å². The average Bonchev–Trinajstić information content (AvgIpc) is 3.06. The molecule has 26 heavy (non-hydrogen) atoms. The SMILES string of the molecule is [Ti].[c-]1cc(C2CCCCC2)cc2c1Cc1ccc(C3CCCCC3)cc1-2. The van der Waals surface area contributed by atoms with Crippen LogP contribution in [0.3, 0.4) is 0 Å². The Morgan fingerprint density at radius 1 is 0.692 bits per heavy atom. The van der Waals surface area contributed by atoms with Crippen LogP contribution in [0.1, 0.15) is 98.3 Å². The standard InChI is InChI=1S/C25H29.Ti/c1-3-7-18(8-4-1)20-11-13-22-15-23-14-12-21(17-25(23)24(22)16-20)19-9-5-2-6-10-19;/h11-13,16-19H,1-10,15H2;/q-1;. The molecular formula is C25H29Ti-. The van der Waals surface area contributed by atoms with E-state index in [4.69, 9.17) is 0 Å². The molecule has 3 aliphatic rings. The van der Waals surface area contributed by atoms with E-state index in [1.54, 1.807) is 11.1 Å². The van der Waals surface area contributed by atoms with Crippen LogP contribution in [0.2, 0.25) is 0 Å². The van der Waals surface area contributed by atoms with Crippen LogP contribution in [0, 0.1) is 6.07 Å². The molecule has 0 atom stereocenters. The van der Waals surface area contributed by atoms with Gasteiger partial charge in [0, 0.05) is 21.7 Å². The van der Waals surface area contributed by atoms with E-state index in [0.717, 1.165) is 18.3 Å². The molecule has 0 radical (unpaired) electrons. The maximum absolute atomic E-state index is 3.66. The molecule has 1 heteroatoms. The summed E-state index contributed by atoms with van der Waals surface area (Å²) in [6.07, 6.45) is 15.1. The third kappa shape index (κ3) is 3.48. The van der Waals surface area contributed by atoms with E-state index >= 15 is 0 Å². The molecule has 2 aromatic carbocycles. The van der Waals surface area contributed by atoms with E-state index in [2.05, 4.69) is 36.4 Å². The van der Waals surface area contributed by atoms with Crippen LogP contribution in [-0.2, 0) is 28.1 Å². The predicted octanol–water partition coefficient (Wildman–Crippen LogP) is 7.15. The predicted molar refractivity (Wildman–Crippen MR) is 105 cm³/mol. The van der Waals surface area contributed by atoms with Gasteiger partial charge in [0.05, 0.1) is 0 Å². The van der Waals surface area contributed by atoms with E-state index in [9.17, 15) is 0 Å². The second-order valence-corrected chi connectivity index (χ2v) is 8.59. The van der Waals surface area contributed by atoms with Crippen LogP contribution < -0.4 is 0 Å². The number of hydrogen-bond donors (Lipinski definition) is 0. The van der Waals surface area contributed by atoms with Crippen molar-refractivity contribution >= 4 is 0 Å². The monoisotopic (exact) mass is 377 g/mol. The Balaban J connectivity index is 0.00000168. The molecule has 2 aromatic rings. The van der Waals surface area contributed by atoms with Gasteiger partial charge in [0.15, 0.2) is 0 Å². The van der Waals surface area contributed by atoms with Crippen molar-refractivity contribution in [1.82, 2.24) is 0 Å². The second-order valence-electron chi connectivity index (χ2n) is 8.59. The number of hydrogen-bond acceptors (Lipinski definition) is 0. The first-order chi connectivity index (χ1) is 12.4. The summed E-state index contributed by atoms with van der Waals surface area (Å²) in [4.78, 5) is 0. The molecule has 0 heterocycles. The number of rotatable bonds is 2. The van der Waals surface area contributed by atoms with E-state index in [-0.39, 0.29) is 21.7 Å². The molecule has 0 nitrogen and oxygen atoms in total. The van der Waals surface area contributed by atoms with Crippen LogP contribution in [0.15, 0.2) is 30.3 Å². The van der Waals surface area contributed by atoms with Crippen molar-refractivity contribution in [2.75, 3.05) is 0 Å². The quantitative estimate of drug-likeness (QED) is 0.329. The summed E-state index contributed by atoms with van der Waals surface area (Å²) in [6, 6.07) is 15.9. The third-order valence-electron chi connectivity index (χ3n) is 6.99. The van der Waals surface area contributed by atoms with Gasteiger partial charge in [0.25, 0.3) is 0 Å². The smallest absolute Gasteiger partial charge is 0 e. The van der Waals surface area contributed by atoms with Gasteiger partial charge in [0.2, 0.25) is 0 Å². The fraction of sp³-hybridized carbons (Fsp3) is 0.520. The van der Waals surface area contributed by atoms with Crippen LogP contribution in [0.4, 0.5) is 0 Å². The van der Waals surface area contributed by atoms with Gasteiger partial charge >= 0.3 is 0 Å². The van der Waals surface area contributed by atoms with Gasteiger partial charge in [-0.25, -0.2) is 0 Å². The topological polar surface area (TPSA) is 0 Å². The zero-order valence-electron chi connectivity index (χ0n) is 15.8. The molecule has 0 unspecified atom stereocenters. The summed E-state index contributed by atoms with van der Waals surface area (Å²) in [6.45, 7) is 0. The van der Waals surface area contributed by atoms with Crippen molar-refractivity contribution in [3.63, 3.8) is 0 Å². The summed E-state index contributed by atoms with van der Waals surface area (Å²) >= 11 is 0. The maximum atomic E-state index is 3.66. The molecule has 2 fully saturated rings. The van der Waals surface area contributed by atoms with Gasteiger partial charge in [-0.1, -0.05) is 86.6 Å². The maximum Gasteiger partial charge on any atom is 0 e. The molecule has 0 saturated heterocycles. The normalized spacial score (nSPS) is 20.3. The molecule has 134 valence electrons. The summed E-state index contributed by atoms with van der Waals surface area (Å²) in [5.41, 5.74) is 9.11. The van der Waals surface area contributed by atoms with Gasteiger partial charge in [-0.2, -0.15) is 29.3 Å². The summed E-state index contributed by atoms with van der Waals surface area (Å²) in [5.74, 6) is 1.58. The summed E-state index contributed by atoms with van der Waals surface area (Å²) in [7, 11) is 0. The van der Waals surface area contributed by atoms with Crippen LogP contribution >= 0.6 is 0 Å². The van der Waals surface area contributed by atoms with Crippen molar-refractivity contribution in [1.29, 1.82) is 0 Å². The van der Waals surface area contributed by atoms with Gasteiger partial charge in [0.1, 0.15) is 0 Å². The minimum atomic E-state index is 0. The number of benzene rings is 2. The minimum absolute atomic E-state index is 0. The fourth-order valence-corrected chi connectivity index (χ4v) is 5.48. The molecule has 0 bridgehead atoms. The number of fused-ring (bicyclic) bond motifs is 3. The van der Waals surface area contributed by atoms with Crippen molar-refractivity contribution in [3.8, 4) is 11.1 Å². The van der Waals surface area contributed by atoms with Gasteiger partial charge in [-0.05, 0) is 30.7 Å². The van der Waals surface area contributed by atoms with E-state index in [0.29, 0.717) is 0 Å². The molecule has 2 saturated carbocycles. The Morgan fingerprint density at radius 3 is 2.00 bits per heavy atom. The zero-order valence-corrected chi connectivity index (χ0v) is 17.4. The van der Waals surface area contributed by atoms with E-state index in [1.807, 2.05) is 0 Å². The minimum Gasteiger partial charge on any atom is -0.179 e. The third-order valence-corrected chi connectivity index (χ3v) is 6.99. The van der Waals surface area contributed by atoms with Crippen molar-refractivity contribution < 1.29 is 21.7 Å². The Bertz CT molecular complexity index is 698. The first-order valence-electron chi connectivity index (χ1n) is 10.6. The molecule has 0 N–H and O–H groups in total. The first kappa shape index (κ1) is 18.5. The van der Waals surface area contributed by atoms with Gasteiger partial charge in [-0.3, -0.25) is 0 Å².